The number of nitrogen functional groups attached to an aromatic ring is 1. The maximum absolute atomic E-state index is 12.1. The Bertz CT molecular complexity index is 626. The molecule has 0 fully saturated rings. The van der Waals surface area contributed by atoms with Crippen molar-refractivity contribution in [2.24, 2.45) is 0 Å². The molecule has 2 aromatic rings. The van der Waals surface area contributed by atoms with Gasteiger partial charge in [0.2, 0.25) is 0 Å². The van der Waals surface area contributed by atoms with Gasteiger partial charge in [-0.2, -0.15) is 0 Å². The monoisotopic (exact) mass is 332 g/mol. The lowest BCUT2D eigenvalue weighted by molar-refractivity contribution is 0.0953. The van der Waals surface area contributed by atoms with Gasteiger partial charge >= 0.3 is 0 Å². The van der Waals surface area contributed by atoms with E-state index in [-0.39, 0.29) is 5.91 Å². The number of carbonyl (C=O) groups is 1. The van der Waals surface area contributed by atoms with E-state index in [1.165, 1.54) is 11.1 Å². The third kappa shape index (κ3) is 3.61. The van der Waals surface area contributed by atoms with Crippen molar-refractivity contribution >= 4 is 27.5 Å². The zero-order chi connectivity index (χ0) is 14.5. The number of hydrogen-bond acceptors (Lipinski definition) is 2. The lowest BCUT2D eigenvalue weighted by atomic mass is 10.1. The normalized spacial score (nSPS) is 10.3. The fourth-order valence-corrected chi connectivity index (χ4v) is 2.45. The van der Waals surface area contributed by atoms with E-state index in [1.807, 2.05) is 6.07 Å². The Morgan fingerprint density at radius 1 is 1.25 bits per heavy atom. The van der Waals surface area contributed by atoms with Crippen molar-refractivity contribution in [1.82, 2.24) is 5.32 Å². The van der Waals surface area contributed by atoms with E-state index in [9.17, 15) is 4.79 Å². The van der Waals surface area contributed by atoms with E-state index < -0.39 is 0 Å². The van der Waals surface area contributed by atoms with E-state index in [2.05, 4.69) is 46.4 Å². The lowest BCUT2D eigenvalue weighted by Crippen LogP contribution is -2.26. The van der Waals surface area contributed by atoms with Gasteiger partial charge in [0.15, 0.2) is 0 Å². The average molecular weight is 333 g/mol. The minimum Gasteiger partial charge on any atom is -0.398 e. The molecule has 0 radical (unpaired) electrons. The Labute approximate surface area is 127 Å². The van der Waals surface area contributed by atoms with Gasteiger partial charge in [-0.15, -0.1) is 0 Å². The van der Waals surface area contributed by atoms with Crippen LogP contribution in [0.25, 0.3) is 0 Å². The van der Waals surface area contributed by atoms with Crippen LogP contribution < -0.4 is 11.1 Å². The smallest absolute Gasteiger partial charge is 0.252 e. The summed E-state index contributed by atoms with van der Waals surface area (Å²) in [5.41, 5.74) is 9.35. The molecule has 2 rings (SSSR count). The van der Waals surface area contributed by atoms with E-state index >= 15 is 0 Å². The number of benzene rings is 2. The first kappa shape index (κ1) is 14.6. The van der Waals surface area contributed by atoms with Crippen molar-refractivity contribution < 1.29 is 4.79 Å². The van der Waals surface area contributed by atoms with Gasteiger partial charge in [0.05, 0.1) is 10.0 Å². The fourth-order valence-electron chi connectivity index (χ4n) is 2.01. The first-order valence-electron chi connectivity index (χ1n) is 6.45. The fraction of sp³-hybridized carbons (Fsp3) is 0.188. The Morgan fingerprint density at radius 3 is 2.75 bits per heavy atom. The molecule has 1 amide bonds. The number of amides is 1. The molecule has 0 saturated heterocycles. The summed E-state index contributed by atoms with van der Waals surface area (Å²) >= 11 is 3.34. The Balaban J connectivity index is 1.94. The Morgan fingerprint density at radius 2 is 2.00 bits per heavy atom. The van der Waals surface area contributed by atoms with Crippen molar-refractivity contribution in [3.05, 3.63) is 63.6 Å². The number of hydrogen-bond donors (Lipinski definition) is 2. The summed E-state index contributed by atoms with van der Waals surface area (Å²) in [6.07, 6.45) is 0.813. The number of nitrogens with two attached hydrogens (primary N) is 1. The summed E-state index contributed by atoms with van der Waals surface area (Å²) in [7, 11) is 0. The molecule has 0 heterocycles. The van der Waals surface area contributed by atoms with Crippen molar-refractivity contribution in [2.75, 3.05) is 12.3 Å². The average Bonchev–Trinajstić information content (AvgIpc) is 2.42. The van der Waals surface area contributed by atoms with Crippen LogP contribution in [0.5, 0.6) is 0 Å². The van der Waals surface area contributed by atoms with Crippen LogP contribution in [-0.4, -0.2) is 12.5 Å². The van der Waals surface area contributed by atoms with Gasteiger partial charge in [0.1, 0.15) is 0 Å². The molecule has 20 heavy (non-hydrogen) atoms. The molecule has 3 N–H and O–H groups in total. The molecule has 0 aliphatic carbocycles. The van der Waals surface area contributed by atoms with Crippen LogP contribution in [0.4, 0.5) is 5.69 Å². The van der Waals surface area contributed by atoms with Gasteiger partial charge in [-0.3, -0.25) is 4.79 Å². The number of halogens is 1. The molecule has 0 atom stereocenters. The zero-order valence-electron chi connectivity index (χ0n) is 11.3. The first-order chi connectivity index (χ1) is 9.58. The number of rotatable bonds is 4. The molecule has 0 aromatic heterocycles. The SMILES string of the molecule is Cc1cccc(CCNC(=O)c2cccc(N)c2Br)c1. The van der Waals surface area contributed by atoms with Gasteiger partial charge in [-0.05, 0) is 47.0 Å². The molecule has 104 valence electrons. The predicted molar refractivity (Wildman–Crippen MR) is 85.8 cm³/mol. The zero-order valence-corrected chi connectivity index (χ0v) is 12.9. The van der Waals surface area contributed by atoms with Gasteiger partial charge in [0.25, 0.3) is 5.91 Å². The second-order valence-corrected chi connectivity index (χ2v) is 5.50. The van der Waals surface area contributed by atoms with E-state index in [0.29, 0.717) is 22.3 Å². The molecule has 0 aliphatic rings. The van der Waals surface area contributed by atoms with Crippen LogP contribution in [0.2, 0.25) is 0 Å². The maximum atomic E-state index is 12.1. The number of carbonyl (C=O) groups excluding carboxylic acids is 1. The molecule has 0 saturated carbocycles. The van der Waals surface area contributed by atoms with Crippen LogP contribution in [0.1, 0.15) is 21.5 Å². The number of anilines is 1. The summed E-state index contributed by atoms with van der Waals surface area (Å²) < 4.78 is 0.646. The third-order valence-electron chi connectivity index (χ3n) is 3.05. The van der Waals surface area contributed by atoms with Gasteiger partial charge in [0, 0.05) is 12.2 Å². The van der Waals surface area contributed by atoms with Crippen LogP contribution in [0.3, 0.4) is 0 Å². The molecule has 4 heteroatoms. The summed E-state index contributed by atoms with van der Waals surface area (Å²) in [6, 6.07) is 13.6. The maximum Gasteiger partial charge on any atom is 0.252 e. The van der Waals surface area contributed by atoms with E-state index in [0.717, 1.165) is 6.42 Å². The summed E-state index contributed by atoms with van der Waals surface area (Å²) in [4.78, 5) is 12.1. The standard InChI is InChI=1S/C16H17BrN2O/c1-11-4-2-5-12(10-11)8-9-19-16(20)13-6-3-7-14(18)15(13)17/h2-7,10H,8-9,18H2,1H3,(H,19,20). The third-order valence-corrected chi connectivity index (χ3v) is 3.94. The largest absolute Gasteiger partial charge is 0.398 e. The molecule has 0 unspecified atom stereocenters. The van der Waals surface area contributed by atoms with Crippen molar-refractivity contribution in [1.29, 1.82) is 0 Å². The van der Waals surface area contributed by atoms with Crippen LogP contribution in [-0.2, 0) is 6.42 Å². The van der Waals surface area contributed by atoms with Crippen molar-refractivity contribution in [2.45, 2.75) is 13.3 Å². The molecular weight excluding hydrogens is 316 g/mol. The minimum atomic E-state index is -0.114. The topological polar surface area (TPSA) is 55.1 Å². The quantitative estimate of drug-likeness (QED) is 0.844. The van der Waals surface area contributed by atoms with E-state index in [4.69, 9.17) is 5.73 Å². The van der Waals surface area contributed by atoms with Gasteiger partial charge < -0.3 is 11.1 Å². The van der Waals surface area contributed by atoms with Crippen LogP contribution >= 0.6 is 15.9 Å². The minimum absolute atomic E-state index is 0.114. The summed E-state index contributed by atoms with van der Waals surface area (Å²) in [6.45, 7) is 2.66. The second kappa shape index (κ2) is 6.57. The Kier molecular flexibility index (Phi) is 4.79. The predicted octanol–water partition coefficient (Wildman–Crippen LogP) is 3.31. The Hall–Kier alpha value is -1.81. The second-order valence-electron chi connectivity index (χ2n) is 4.70. The molecular formula is C16H17BrN2O. The number of nitrogens with one attached hydrogen (secondary N) is 1. The van der Waals surface area contributed by atoms with E-state index in [1.54, 1.807) is 18.2 Å². The highest BCUT2D eigenvalue weighted by molar-refractivity contribution is 9.10. The van der Waals surface area contributed by atoms with Crippen molar-refractivity contribution in [3.8, 4) is 0 Å². The van der Waals surface area contributed by atoms with Crippen molar-refractivity contribution in [3.63, 3.8) is 0 Å². The lowest BCUT2D eigenvalue weighted by Gasteiger charge is -2.08. The molecule has 2 aromatic carbocycles. The summed E-state index contributed by atoms with van der Waals surface area (Å²) in [5.74, 6) is -0.114. The highest BCUT2D eigenvalue weighted by Crippen LogP contribution is 2.23. The highest BCUT2D eigenvalue weighted by atomic mass is 79.9. The highest BCUT2D eigenvalue weighted by Gasteiger charge is 2.10. The first-order valence-corrected chi connectivity index (χ1v) is 7.25. The molecule has 0 aliphatic heterocycles. The van der Waals surface area contributed by atoms with Crippen LogP contribution in [0.15, 0.2) is 46.9 Å². The van der Waals surface area contributed by atoms with Gasteiger partial charge in [-0.1, -0.05) is 35.9 Å². The van der Waals surface area contributed by atoms with Crippen LogP contribution in [0, 0.1) is 6.92 Å². The summed E-state index contributed by atoms with van der Waals surface area (Å²) in [5, 5.41) is 2.91. The molecule has 0 spiro atoms. The molecule has 3 nitrogen and oxygen atoms in total. The van der Waals surface area contributed by atoms with Gasteiger partial charge in [-0.25, -0.2) is 0 Å². The molecule has 0 bridgehead atoms. The number of aryl methyl sites for hydroxylation is 1.